The number of carbonyl (C=O) groups is 1. The lowest BCUT2D eigenvalue weighted by molar-refractivity contribution is -0.159. The molecule has 0 bridgehead atoms. The van der Waals surface area contributed by atoms with Crippen LogP contribution >= 0.6 is 0 Å². The predicted molar refractivity (Wildman–Crippen MR) is 78.4 cm³/mol. The van der Waals surface area contributed by atoms with E-state index in [0.29, 0.717) is 12.8 Å². The number of hydrogen-bond donors (Lipinski definition) is 3. The van der Waals surface area contributed by atoms with Crippen molar-refractivity contribution in [1.82, 2.24) is 10.6 Å². The highest BCUT2D eigenvalue weighted by atomic mass is 19.4. The van der Waals surface area contributed by atoms with Gasteiger partial charge in [0.05, 0.1) is 0 Å². The van der Waals surface area contributed by atoms with Crippen LogP contribution in [0.15, 0.2) is 0 Å². The third-order valence-electron chi connectivity index (χ3n) is 3.96. The topological polar surface area (TPSA) is 61.4 Å². The minimum Gasteiger partial charge on any atom is -0.396 e. The molecule has 130 valence electrons. The van der Waals surface area contributed by atoms with Crippen LogP contribution in [-0.2, 0) is 0 Å². The van der Waals surface area contributed by atoms with Gasteiger partial charge in [-0.1, -0.05) is 20.8 Å². The first-order valence-corrected chi connectivity index (χ1v) is 7.76. The van der Waals surface area contributed by atoms with E-state index >= 15 is 0 Å². The summed E-state index contributed by atoms with van der Waals surface area (Å²) in [5.41, 5.74) is -0.535. The van der Waals surface area contributed by atoms with Crippen molar-refractivity contribution in [3.63, 3.8) is 0 Å². The van der Waals surface area contributed by atoms with E-state index in [1.54, 1.807) is 20.8 Å². The van der Waals surface area contributed by atoms with Crippen molar-refractivity contribution < 1.29 is 23.1 Å². The van der Waals surface area contributed by atoms with Gasteiger partial charge in [-0.3, -0.25) is 0 Å². The Balaban J connectivity index is 2.50. The van der Waals surface area contributed by atoms with Gasteiger partial charge in [0.25, 0.3) is 0 Å². The average molecular weight is 324 g/mol. The van der Waals surface area contributed by atoms with Crippen LogP contribution in [0.25, 0.3) is 0 Å². The van der Waals surface area contributed by atoms with E-state index < -0.39 is 23.7 Å². The number of carbonyl (C=O) groups excluding carboxylic acids is 1. The lowest BCUT2D eigenvalue weighted by Crippen LogP contribution is -2.53. The normalized spacial score (nSPS) is 24.7. The van der Waals surface area contributed by atoms with Crippen LogP contribution in [0.4, 0.5) is 18.0 Å². The number of rotatable bonds is 4. The molecule has 0 saturated heterocycles. The van der Waals surface area contributed by atoms with Crippen molar-refractivity contribution in [2.24, 2.45) is 11.3 Å². The summed E-state index contributed by atoms with van der Waals surface area (Å²) in [6.45, 7) is 5.26. The number of aliphatic hydroxyl groups is 1. The molecule has 22 heavy (non-hydrogen) atoms. The molecular formula is C15H27F3N2O2. The summed E-state index contributed by atoms with van der Waals surface area (Å²) in [5.74, 6) is 0.241. The standard InChI is InChI=1S/C15H27F3N2O2/c1-14(2,3)8-12(15(16,17)18)20-13(22)19-11-6-4-10(9-21)5-7-11/h10-12,21H,4-9H2,1-3H3,(H2,19,20,22)/t10?,11?,12-/m1/s1. The van der Waals surface area contributed by atoms with Crippen molar-refractivity contribution in [3.05, 3.63) is 0 Å². The third kappa shape index (κ3) is 6.85. The largest absolute Gasteiger partial charge is 0.408 e. The minimum atomic E-state index is -4.46. The summed E-state index contributed by atoms with van der Waals surface area (Å²) in [7, 11) is 0. The van der Waals surface area contributed by atoms with Crippen LogP contribution in [0, 0.1) is 11.3 Å². The Bertz CT molecular complexity index is 359. The van der Waals surface area contributed by atoms with Gasteiger partial charge in [0, 0.05) is 12.6 Å². The first-order valence-electron chi connectivity index (χ1n) is 7.76. The second-order valence-corrected chi connectivity index (χ2v) is 7.38. The van der Waals surface area contributed by atoms with E-state index in [-0.39, 0.29) is 25.0 Å². The average Bonchev–Trinajstić information content (AvgIpc) is 2.36. The third-order valence-corrected chi connectivity index (χ3v) is 3.96. The summed E-state index contributed by atoms with van der Waals surface area (Å²) in [4.78, 5) is 11.8. The quantitative estimate of drug-likeness (QED) is 0.744. The van der Waals surface area contributed by atoms with Crippen molar-refractivity contribution in [2.75, 3.05) is 6.61 Å². The second-order valence-electron chi connectivity index (χ2n) is 7.38. The zero-order valence-corrected chi connectivity index (χ0v) is 13.5. The highest BCUT2D eigenvalue weighted by molar-refractivity contribution is 5.74. The Labute approximate surface area is 129 Å². The fourth-order valence-corrected chi connectivity index (χ4v) is 2.74. The molecular weight excluding hydrogens is 297 g/mol. The molecule has 4 nitrogen and oxygen atoms in total. The van der Waals surface area contributed by atoms with Crippen LogP contribution in [0.5, 0.6) is 0 Å². The minimum absolute atomic E-state index is 0.119. The molecule has 0 aromatic carbocycles. The van der Waals surface area contributed by atoms with E-state index in [1.807, 2.05) is 0 Å². The van der Waals surface area contributed by atoms with Crippen molar-refractivity contribution in [1.29, 1.82) is 0 Å². The molecule has 3 N–H and O–H groups in total. The zero-order valence-electron chi connectivity index (χ0n) is 13.5. The Hall–Kier alpha value is -0.980. The molecule has 0 aromatic heterocycles. The molecule has 0 spiro atoms. The second kappa shape index (κ2) is 7.53. The van der Waals surface area contributed by atoms with Crippen molar-refractivity contribution >= 4 is 6.03 Å². The molecule has 0 heterocycles. The molecule has 1 atom stereocenters. The SMILES string of the molecule is CC(C)(C)C[C@@H](NC(=O)NC1CCC(CO)CC1)C(F)(F)F. The molecule has 2 amide bonds. The molecule has 7 heteroatoms. The summed E-state index contributed by atoms with van der Waals surface area (Å²) < 4.78 is 39.0. The highest BCUT2D eigenvalue weighted by Crippen LogP contribution is 2.30. The molecule has 1 saturated carbocycles. The summed E-state index contributed by atoms with van der Waals surface area (Å²) >= 11 is 0. The maximum atomic E-state index is 13.0. The fraction of sp³-hybridized carbons (Fsp3) is 0.933. The molecule has 0 aliphatic heterocycles. The summed E-state index contributed by atoms with van der Waals surface area (Å²) in [6, 6.07) is -2.73. The maximum Gasteiger partial charge on any atom is 0.408 e. The number of hydrogen-bond acceptors (Lipinski definition) is 2. The Morgan fingerprint density at radius 2 is 1.73 bits per heavy atom. The number of alkyl halides is 3. The highest BCUT2D eigenvalue weighted by Gasteiger charge is 2.42. The van der Waals surface area contributed by atoms with Crippen LogP contribution in [0.1, 0.15) is 52.9 Å². The first kappa shape index (κ1) is 19.1. The van der Waals surface area contributed by atoms with Gasteiger partial charge in [-0.25, -0.2) is 4.79 Å². The molecule has 1 aliphatic carbocycles. The lowest BCUT2D eigenvalue weighted by atomic mass is 9.86. The van der Waals surface area contributed by atoms with Gasteiger partial charge >= 0.3 is 12.2 Å². The van der Waals surface area contributed by atoms with Gasteiger partial charge in [-0.15, -0.1) is 0 Å². The van der Waals surface area contributed by atoms with Crippen molar-refractivity contribution in [2.45, 2.75) is 71.1 Å². The number of urea groups is 1. The molecule has 0 aromatic rings. The monoisotopic (exact) mass is 324 g/mol. The number of aliphatic hydroxyl groups excluding tert-OH is 1. The maximum absolute atomic E-state index is 13.0. The van der Waals surface area contributed by atoms with Gasteiger partial charge in [0.1, 0.15) is 6.04 Å². The smallest absolute Gasteiger partial charge is 0.396 e. The van der Waals surface area contributed by atoms with Crippen molar-refractivity contribution in [3.8, 4) is 0 Å². The van der Waals surface area contributed by atoms with Gasteiger partial charge in [-0.05, 0) is 43.4 Å². The first-order chi connectivity index (χ1) is 10.0. The van der Waals surface area contributed by atoms with E-state index in [2.05, 4.69) is 10.6 Å². The molecule has 1 fully saturated rings. The van der Waals surface area contributed by atoms with Gasteiger partial charge in [0.2, 0.25) is 0 Å². The number of amides is 2. The Morgan fingerprint density at radius 1 is 1.18 bits per heavy atom. The molecule has 0 unspecified atom stereocenters. The van der Waals surface area contributed by atoms with Crippen LogP contribution in [0.3, 0.4) is 0 Å². The Morgan fingerprint density at radius 3 is 2.14 bits per heavy atom. The van der Waals surface area contributed by atoms with E-state index in [1.165, 1.54) is 0 Å². The van der Waals surface area contributed by atoms with E-state index in [0.717, 1.165) is 12.8 Å². The van der Waals surface area contributed by atoms with Gasteiger partial charge in [-0.2, -0.15) is 13.2 Å². The van der Waals surface area contributed by atoms with Gasteiger partial charge in [0.15, 0.2) is 0 Å². The fourth-order valence-electron chi connectivity index (χ4n) is 2.74. The summed E-state index contributed by atoms with van der Waals surface area (Å²) in [6.07, 6.45) is -1.68. The van der Waals surface area contributed by atoms with Crippen LogP contribution < -0.4 is 10.6 Å². The number of nitrogens with one attached hydrogen (secondary N) is 2. The zero-order chi connectivity index (χ0) is 17.0. The molecule has 1 aliphatic rings. The van der Waals surface area contributed by atoms with E-state index in [9.17, 15) is 18.0 Å². The molecule has 1 rings (SSSR count). The Kier molecular flexibility index (Phi) is 6.52. The van der Waals surface area contributed by atoms with E-state index in [4.69, 9.17) is 5.11 Å². The van der Waals surface area contributed by atoms with Crippen LogP contribution in [0.2, 0.25) is 0 Å². The molecule has 0 radical (unpaired) electrons. The number of halogens is 3. The van der Waals surface area contributed by atoms with Crippen LogP contribution in [-0.4, -0.2) is 36.0 Å². The summed E-state index contributed by atoms with van der Waals surface area (Å²) in [5, 5.41) is 13.7. The van der Waals surface area contributed by atoms with Gasteiger partial charge < -0.3 is 15.7 Å². The lowest BCUT2D eigenvalue weighted by Gasteiger charge is -2.31. The predicted octanol–water partition coefficient (Wildman–Crippen LogP) is 3.20.